The van der Waals surface area contributed by atoms with Crippen LogP contribution < -0.4 is 4.90 Å². The summed E-state index contributed by atoms with van der Waals surface area (Å²) in [7, 11) is 0. The number of alkyl halides is 1. The molecule has 1 aliphatic rings. The van der Waals surface area contributed by atoms with Crippen LogP contribution in [-0.2, 0) is 0 Å². The molecule has 1 fully saturated rings. The maximum atomic E-state index is 6.02. The van der Waals surface area contributed by atoms with Crippen LogP contribution in [0.15, 0.2) is 16.7 Å². The second-order valence-electron chi connectivity index (χ2n) is 4.29. The monoisotopic (exact) mass is 302 g/mol. The average Bonchev–Trinajstić information content (AvgIpc) is 2.32. The zero-order valence-corrected chi connectivity index (χ0v) is 11.8. The van der Waals surface area contributed by atoms with E-state index in [0.29, 0.717) is 11.9 Å². The molecule has 2 nitrogen and oxygen atoms in total. The van der Waals surface area contributed by atoms with Crippen LogP contribution >= 0.6 is 27.5 Å². The predicted molar refractivity (Wildman–Crippen MR) is 72.4 cm³/mol. The topological polar surface area (TPSA) is 16.1 Å². The van der Waals surface area contributed by atoms with Crippen molar-refractivity contribution in [3.63, 3.8) is 0 Å². The molecule has 1 aliphatic heterocycles. The Kier molecular flexibility index (Phi) is 4.09. The fourth-order valence-electron chi connectivity index (χ4n) is 2.14. The van der Waals surface area contributed by atoms with Crippen LogP contribution in [0.25, 0.3) is 0 Å². The van der Waals surface area contributed by atoms with Crippen LogP contribution in [0.1, 0.15) is 24.8 Å². The van der Waals surface area contributed by atoms with E-state index >= 15 is 0 Å². The largest absolute Gasteiger partial charge is 0.352 e. The molecule has 1 unspecified atom stereocenters. The highest BCUT2D eigenvalue weighted by Crippen LogP contribution is 2.26. The quantitative estimate of drug-likeness (QED) is 0.774. The van der Waals surface area contributed by atoms with E-state index in [-0.39, 0.29) is 0 Å². The molecule has 0 amide bonds. The molecule has 4 heteroatoms. The van der Waals surface area contributed by atoms with Crippen LogP contribution in [0.3, 0.4) is 0 Å². The molecular weight excluding hydrogens is 288 g/mol. The van der Waals surface area contributed by atoms with Crippen molar-refractivity contribution >= 4 is 33.3 Å². The van der Waals surface area contributed by atoms with E-state index in [0.717, 1.165) is 16.8 Å². The van der Waals surface area contributed by atoms with E-state index in [2.05, 4.69) is 38.8 Å². The Balaban J connectivity index is 2.23. The average molecular weight is 304 g/mol. The van der Waals surface area contributed by atoms with Gasteiger partial charge in [0, 0.05) is 29.1 Å². The molecule has 0 saturated carbocycles. The second-order valence-corrected chi connectivity index (χ2v) is 5.45. The van der Waals surface area contributed by atoms with Gasteiger partial charge >= 0.3 is 0 Å². The predicted octanol–water partition coefficient (Wildman–Crippen LogP) is 3.75. The van der Waals surface area contributed by atoms with Gasteiger partial charge in [0.2, 0.25) is 0 Å². The van der Waals surface area contributed by atoms with Crippen molar-refractivity contribution < 1.29 is 0 Å². The lowest BCUT2D eigenvalue weighted by molar-refractivity contribution is 0.484. The van der Waals surface area contributed by atoms with Gasteiger partial charge in [0.1, 0.15) is 5.82 Å². The van der Waals surface area contributed by atoms with Crippen molar-refractivity contribution in [1.82, 2.24) is 4.98 Å². The van der Waals surface area contributed by atoms with E-state index in [9.17, 15) is 0 Å². The third-order valence-corrected chi connectivity index (χ3v) is 4.32. The molecule has 0 bridgehead atoms. The molecule has 16 heavy (non-hydrogen) atoms. The first-order valence-electron chi connectivity index (χ1n) is 5.67. The van der Waals surface area contributed by atoms with Gasteiger partial charge in [-0.3, -0.25) is 0 Å². The maximum Gasteiger partial charge on any atom is 0.129 e. The summed E-state index contributed by atoms with van der Waals surface area (Å²) >= 11 is 9.50. The lowest BCUT2D eigenvalue weighted by Gasteiger charge is -2.35. The van der Waals surface area contributed by atoms with Crippen LogP contribution in [0.4, 0.5) is 5.82 Å². The first-order chi connectivity index (χ1) is 7.72. The molecule has 1 aromatic heterocycles. The van der Waals surface area contributed by atoms with E-state index < -0.39 is 0 Å². The summed E-state index contributed by atoms with van der Waals surface area (Å²) in [6.45, 7) is 3.17. The number of halogens is 2. The van der Waals surface area contributed by atoms with Crippen LogP contribution in [0.2, 0.25) is 0 Å². The van der Waals surface area contributed by atoms with Crippen molar-refractivity contribution in [2.24, 2.45) is 0 Å². The number of piperidine rings is 1. The fourth-order valence-corrected chi connectivity index (χ4v) is 2.68. The molecule has 0 radical (unpaired) electrons. The van der Waals surface area contributed by atoms with Crippen LogP contribution in [0, 0.1) is 6.92 Å². The van der Waals surface area contributed by atoms with Gasteiger partial charge in [-0.1, -0.05) is 0 Å². The van der Waals surface area contributed by atoms with Gasteiger partial charge in [0.15, 0.2) is 0 Å². The Bertz CT molecular complexity index is 370. The highest BCUT2D eigenvalue weighted by molar-refractivity contribution is 9.10. The zero-order valence-electron chi connectivity index (χ0n) is 9.42. The van der Waals surface area contributed by atoms with Gasteiger partial charge in [0.05, 0.1) is 0 Å². The smallest absolute Gasteiger partial charge is 0.129 e. The van der Waals surface area contributed by atoms with Gasteiger partial charge < -0.3 is 4.90 Å². The van der Waals surface area contributed by atoms with Crippen molar-refractivity contribution in [3.8, 4) is 0 Å². The second kappa shape index (κ2) is 5.37. The Hall–Kier alpha value is -0.280. The number of hydrogen-bond acceptors (Lipinski definition) is 2. The summed E-state index contributed by atoms with van der Waals surface area (Å²) in [6.07, 6.45) is 5.58. The molecule has 0 spiro atoms. The normalized spacial score (nSPS) is 21.2. The maximum absolute atomic E-state index is 6.02. The van der Waals surface area contributed by atoms with Gasteiger partial charge in [0.25, 0.3) is 0 Å². The summed E-state index contributed by atoms with van der Waals surface area (Å²) in [4.78, 5) is 6.82. The van der Waals surface area contributed by atoms with Gasteiger partial charge in [-0.25, -0.2) is 4.98 Å². The molecule has 0 N–H and O–H groups in total. The van der Waals surface area contributed by atoms with Crippen molar-refractivity contribution in [2.45, 2.75) is 32.2 Å². The summed E-state index contributed by atoms with van der Waals surface area (Å²) in [6, 6.07) is 2.58. The number of aromatic nitrogens is 1. The lowest BCUT2D eigenvalue weighted by Crippen LogP contribution is -2.41. The minimum Gasteiger partial charge on any atom is -0.352 e. The molecule has 2 heterocycles. The van der Waals surface area contributed by atoms with E-state index in [4.69, 9.17) is 11.6 Å². The Labute approximate surface area is 110 Å². The van der Waals surface area contributed by atoms with Gasteiger partial charge in [-0.15, -0.1) is 11.6 Å². The molecule has 1 atom stereocenters. The zero-order chi connectivity index (χ0) is 11.5. The highest BCUT2D eigenvalue weighted by atomic mass is 79.9. The molecule has 1 aromatic rings. The Morgan fingerprint density at radius 3 is 3.06 bits per heavy atom. The number of pyridine rings is 1. The van der Waals surface area contributed by atoms with Crippen LogP contribution in [0.5, 0.6) is 0 Å². The number of anilines is 1. The molecule has 0 aliphatic carbocycles. The molecule has 0 aromatic carbocycles. The summed E-state index contributed by atoms with van der Waals surface area (Å²) < 4.78 is 1.07. The van der Waals surface area contributed by atoms with Crippen molar-refractivity contribution in [3.05, 3.63) is 22.3 Å². The first-order valence-corrected chi connectivity index (χ1v) is 7.00. The SMILES string of the molecule is Cc1cc(N2CCCCC2CCl)ncc1Br. The van der Waals surface area contributed by atoms with E-state index in [1.165, 1.54) is 24.8 Å². The fraction of sp³-hybridized carbons (Fsp3) is 0.583. The van der Waals surface area contributed by atoms with E-state index in [1.54, 1.807) is 0 Å². The number of rotatable bonds is 2. The number of hydrogen-bond donors (Lipinski definition) is 0. The first kappa shape index (κ1) is 12.2. The molecular formula is C12H16BrClN2. The van der Waals surface area contributed by atoms with Crippen molar-refractivity contribution in [1.29, 1.82) is 0 Å². The summed E-state index contributed by atoms with van der Waals surface area (Å²) in [5.41, 5.74) is 1.23. The standard InChI is InChI=1S/C12H16BrClN2/c1-9-6-12(15-8-11(9)13)16-5-3-2-4-10(16)7-14/h6,8,10H,2-5,7H2,1H3. The summed E-state index contributed by atoms with van der Waals surface area (Å²) in [5.74, 6) is 1.75. The minimum absolute atomic E-state index is 0.448. The summed E-state index contributed by atoms with van der Waals surface area (Å²) in [5, 5.41) is 0. The Morgan fingerprint density at radius 2 is 2.38 bits per heavy atom. The van der Waals surface area contributed by atoms with Gasteiger partial charge in [-0.2, -0.15) is 0 Å². The number of aryl methyl sites for hydroxylation is 1. The molecule has 1 saturated heterocycles. The number of nitrogens with zero attached hydrogens (tertiary/aromatic N) is 2. The van der Waals surface area contributed by atoms with Crippen LogP contribution in [-0.4, -0.2) is 23.5 Å². The Morgan fingerprint density at radius 1 is 1.56 bits per heavy atom. The third-order valence-electron chi connectivity index (χ3n) is 3.13. The lowest BCUT2D eigenvalue weighted by atomic mass is 10.0. The minimum atomic E-state index is 0.448. The van der Waals surface area contributed by atoms with Gasteiger partial charge in [-0.05, 0) is 53.7 Å². The van der Waals surface area contributed by atoms with Crippen molar-refractivity contribution in [2.75, 3.05) is 17.3 Å². The van der Waals surface area contributed by atoms with E-state index in [1.807, 2.05) is 6.20 Å². The molecule has 2 rings (SSSR count). The third kappa shape index (κ3) is 2.51. The molecule has 88 valence electrons. The highest BCUT2D eigenvalue weighted by Gasteiger charge is 2.22.